The molecule has 0 aromatic heterocycles. The predicted molar refractivity (Wildman–Crippen MR) is 99.5 cm³/mol. The van der Waals surface area contributed by atoms with Crippen molar-refractivity contribution in [1.82, 2.24) is 5.32 Å². The van der Waals surface area contributed by atoms with Crippen LogP contribution in [0.3, 0.4) is 0 Å². The highest BCUT2D eigenvalue weighted by atomic mass is 16.7. The lowest BCUT2D eigenvalue weighted by molar-refractivity contribution is -0.130. The summed E-state index contributed by atoms with van der Waals surface area (Å²) in [5.41, 5.74) is 2.47. The molecule has 0 saturated carbocycles. The van der Waals surface area contributed by atoms with E-state index in [4.69, 9.17) is 9.57 Å². The van der Waals surface area contributed by atoms with Gasteiger partial charge in [-0.25, -0.2) is 4.79 Å². The van der Waals surface area contributed by atoms with Crippen molar-refractivity contribution in [1.29, 1.82) is 0 Å². The molecule has 0 radical (unpaired) electrons. The number of carbonyl (C=O) groups is 1. The number of carbonyl (C=O) groups excluding carboxylic acids is 1. The molecule has 0 aliphatic carbocycles. The highest BCUT2D eigenvalue weighted by Crippen LogP contribution is 2.25. The lowest BCUT2D eigenvalue weighted by Gasteiger charge is -2.36. The highest BCUT2D eigenvalue weighted by Gasteiger charge is 2.37. The molecule has 0 bridgehead atoms. The Morgan fingerprint density at radius 3 is 2.32 bits per heavy atom. The molecule has 0 fully saturated rings. The van der Waals surface area contributed by atoms with Crippen LogP contribution in [0.25, 0.3) is 0 Å². The van der Waals surface area contributed by atoms with E-state index >= 15 is 0 Å². The van der Waals surface area contributed by atoms with Gasteiger partial charge in [0.2, 0.25) is 0 Å². The third-order valence-electron chi connectivity index (χ3n) is 3.91. The fraction of sp³-hybridized carbons (Fsp3) is 0.632. The van der Waals surface area contributed by atoms with Gasteiger partial charge in [0.1, 0.15) is 11.2 Å². The Hall–Kier alpha value is -1.79. The van der Waals surface area contributed by atoms with Gasteiger partial charge in [0.25, 0.3) is 0 Å². The van der Waals surface area contributed by atoms with Crippen molar-refractivity contribution in [2.75, 3.05) is 12.0 Å². The molecule has 1 aromatic rings. The Labute approximate surface area is 150 Å². The molecule has 0 unspecified atom stereocenters. The molecule has 0 aliphatic heterocycles. The Bertz CT molecular complexity index is 572. The van der Waals surface area contributed by atoms with Gasteiger partial charge in [-0.3, -0.25) is 10.3 Å². The zero-order valence-corrected chi connectivity index (χ0v) is 16.4. The lowest BCUT2D eigenvalue weighted by Crippen LogP contribution is -2.48. The minimum atomic E-state index is -0.991. The summed E-state index contributed by atoms with van der Waals surface area (Å²) in [4.78, 5) is 17.3. The quantitative estimate of drug-likeness (QED) is 0.653. The Kier molecular flexibility index (Phi) is 6.85. The molecule has 0 atom stereocenters. The summed E-state index contributed by atoms with van der Waals surface area (Å²) in [5.74, 6) is 0. The topological polar surface area (TPSA) is 79.8 Å². The fourth-order valence-corrected chi connectivity index (χ4v) is 1.72. The molecular formula is C19H32N2O4. The molecule has 25 heavy (non-hydrogen) atoms. The second-order valence-corrected chi connectivity index (χ2v) is 8.15. The first-order chi connectivity index (χ1) is 11.3. The Morgan fingerprint density at radius 2 is 1.76 bits per heavy atom. The molecule has 1 rings (SSSR count). The van der Waals surface area contributed by atoms with Crippen molar-refractivity contribution >= 4 is 11.8 Å². The van der Waals surface area contributed by atoms with Crippen molar-refractivity contribution in [2.45, 2.75) is 71.7 Å². The maximum absolute atomic E-state index is 11.6. The van der Waals surface area contributed by atoms with Gasteiger partial charge in [0, 0.05) is 6.54 Å². The van der Waals surface area contributed by atoms with E-state index in [9.17, 15) is 9.90 Å². The van der Waals surface area contributed by atoms with E-state index in [-0.39, 0.29) is 0 Å². The summed E-state index contributed by atoms with van der Waals surface area (Å²) in [7, 11) is 0. The summed E-state index contributed by atoms with van der Waals surface area (Å²) < 4.78 is 5.20. The van der Waals surface area contributed by atoms with Gasteiger partial charge < -0.3 is 15.2 Å². The van der Waals surface area contributed by atoms with Crippen molar-refractivity contribution < 1.29 is 19.5 Å². The van der Waals surface area contributed by atoms with Crippen LogP contribution in [0.15, 0.2) is 24.3 Å². The van der Waals surface area contributed by atoms with Gasteiger partial charge in [-0.2, -0.15) is 0 Å². The van der Waals surface area contributed by atoms with E-state index in [1.807, 2.05) is 58.9 Å². The Morgan fingerprint density at radius 1 is 1.12 bits per heavy atom. The fourth-order valence-electron chi connectivity index (χ4n) is 1.72. The largest absolute Gasteiger partial charge is 0.444 e. The molecule has 0 aliphatic rings. The van der Waals surface area contributed by atoms with E-state index < -0.39 is 22.9 Å². The van der Waals surface area contributed by atoms with Crippen LogP contribution >= 0.6 is 0 Å². The molecule has 0 saturated heterocycles. The van der Waals surface area contributed by atoms with Gasteiger partial charge in [-0.1, -0.05) is 12.1 Å². The number of nitrogens with one attached hydrogen (secondary N) is 2. The lowest BCUT2D eigenvalue weighted by atomic mass is 9.90. The smallest absolute Gasteiger partial charge is 0.407 e. The SMILES string of the molecule is CC(C)(C)OC(=O)NCCc1cccc(NOC(C)(C)C(C)(C)O)c1. The second kappa shape index (κ2) is 8.06. The summed E-state index contributed by atoms with van der Waals surface area (Å²) in [6, 6.07) is 7.71. The average molecular weight is 352 g/mol. The van der Waals surface area contributed by atoms with Crippen LogP contribution in [0.5, 0.6) is 0 Å². The van der Waals surface area contributed by atoms with Crippen molar-refractivity contribution in [3.05, 3.63) is 29.8 Å². The van der Waals surface area contributed by atoms with Crippen molar-refractivity contribution in [3.63, 3.8) is 0 Å². The second-order valence-electron chi connectivity index (χ2n) is 8.15. The van der Waals surface area contributed by atoms with Crippen LogP contribution in [-0.2, 0) is 16.0 Å². The first-order valence-corrected chi connectivity index (χ1v) is 8.52. The molecule has 6 heteroatoms. The maximum atomic E-state index is 11.6. The molecule has 3 N–H and O–H groups in total. The molecule has 0 heterocycles. The van der Waals surface area contributed by atoms with Crippen LogP contribution in [0, 0.1) is 0 Å². The zero-order valence-electron chi connectivity index (χ0n) is 16.4. The number of hydrogen-bond acceptors (Lipinski definition) is 5. The summed E-state index contributed by atoms with van der Waals surface area (Å²) in [6.07, 6.45) is 0.251. The van der Waals surface area contributed by atoms with Gasteiger partial charge in [0.05, 0.1) is 11.3 Å². The van der Waals surface area contributed by atoms with Gasteiger partial charge in [0.15, 0.2) is 0 Å². The minimum Gasteiger partial charge on any atom is -0.444 e. The highest BCUT2D eigenvalue weighted by molar-refractivity contribution is 5.67. The number of ether oxygens (including phenoxy) is 1. The Balaban J connectivity index is 2.52. The van der Waals surface area contributed by atoms with E-state index in [2.05, 4.69) is 10.8 Å². The van der Waals surface area contributed by atoms with E-state index in [0.717, 1.165) is 11.3 Å². The van der Waals surface area contributed by atoms with Gasteiger partial charge in [-0.05, 0) is 72.6 Å². The molecule has 1 amide bonds. The van der Waals surface area contributed by atoms with Crippen LogP contribution in [0.4, 0.5) is 10.5 Å². The van der Waals surface area contributed by atoms with Crippen LogP contribution in [-0.4, -0.2) is 34.5 Å². The number of aliphatic hydroxyl groups is 1. The number of benzene rings is 1. The molecule has 6 nitrogen and oxygen atoms in total. The van der Waals surface area contributed by atoms with Crippen molar-refractivity contribution in [3.8, 4) is 0 Å². The van der Waals surface area contributed by atoms with E-state index in [1.54, 1.807) is 13.8 Å². The maximum Gasteiger partial charge on any atom is 0.407 e. The average Bonchev–Trinajstić information content (AvgIpc) is 2.42. The number of alkyl carbamates (subject to hydrolysis) is 1. The third kappa shape index (κ3) is 7.75. The standard InChI is InChI=1S/C19H32N2O4/c1-17(2,3)24-16(22)20-12-11-14-9-8-10-15(13-14)21-25-19(6,7)18(4,5)23/h8-10,13,21,23H,11-12H2,1-7H3,(H,20,22). The zero-order chi connectivity index (χ0) is 19.3. The van der Waals surface area contributed by atoms with Gasteiger partial charge >= 0.3 is 6.09 Å². The summed E-state index contributed by atoms with van der Waals surface area (Å²) in [6.45, 7) is 13.0. The molecule has 0 spiro atoms. The van der Waals surface area contributed by atoms with Crippen LogP contribution in [0.1, 0.15) is 54.0 Å². The summed E-state index contributed by atoms with van der Waals surface area (Å²) >= 11 is 0. The number of rotatable bonds is 7. The third-order valence-corrected chi connectivity index (χ3v) is 3.91. The molecular weight excluding hydrogens is 320 g/mol. The van der Waals surface area contributed by atoms with Crippen LogP contribution in [0.2, 0.25) is 0 Å². The first-order valence-electron chi connectivity index (χ1n) is 8.52. The summed E-state index contributed by atoms with van der Waals surface area (Å²) in [5, 5.41) is 12.8. The van der Waals surface area contributed by atoms with E-state index in [1.165, 1.54) is 0 Å². The predicted octanol–water partition coefficient (Wildman–Crippen LogP) is 3.65. The van der Waals surface area contributed by atoms with E-state index in [0.29, 0.717) is 13.0 Å². The monoisotopic (exact) mass is 352 g/mol. The molecule has 1 aromatic carbocycles. The van der Waals surface area contributed by atoms with Crippen molar-refractivity contribution in [2.24, 2.45) is 0 Å². The minimum absolute atomic E-state index is 0.419. The number of anilines is 1. The van der Waals surface area contributed by atoms with Crippen LogP contribution < -0.4 is 10.8 Å². The van der Waals surface area contributed by atoms with Gasteiger partial charge in [-0.15, -0.1) is 0 Å². The number of amides is 1. The first kappa shape index (κ1) is 21.3. The molecule has 142 valence electrons. The normalized spacial score (nSPS) is 12.6. The number of hydrogen-bond donors (Lipinski definition) is 3.